The average Bonchev–Trinajstić information content (AvgIpc) is 2.84. The van der Waals surface area contributed by atoms with Gasteiger partial charge in [-0.3, -0.25) is 4.79 Å². The average molecular weight is 212 g/mol. The first-order valence-electron chi connectivity index (χ1n) is 5.95. The van der Waals surface area contributed by atoms with Crippen LogP contribution in [0.1, 0.15) is 32.6 Å². The molecule has 86 valence electrons. The number of nitrogens with one attached hydrogen (secondary N) is 2. The zero-order valence-electron chi connectivity index (χ0n) is 9.29. The third-order valence-electron chi connectivity index (χ3n) is 3.20. The maximum Gasteiger partial charge on any atom is 0.233 e. The topological polar surface area (TPSA) is 50.4 Å². The van der Waals surface area contributed by atoms with Gasteiger partial charge in [-0.15, -0.1) is 0 Å². The molecule has 15 heavy (non-hydrogen) atoms. The molecule has 0 aromatic rings. The summed E-state index contributed by atoms with van der Waals surface area (Å²) >= 11 is 0. The number of hydrogen-bond acceptors (Lipinski definition) is 3. The van der Waals surface area contributed by atoms with Crippen molar-refractivity contribution in [2.24, 2.45) is 0 Å². The van der Waals surface area contributed by atoms with Crippen molar-refractivity contribution in [3.63, 3.8) is 0 Å². The number of hydrogen-bond donors (Lipinski definition) is 2. The third-order valence-corrected chi connectivity index (χ3v) is 3.20. The van der Waals surface area contributed by atoms with Crippen LogP contribution in [0.3, 0.4) is 0 Å². The van der Waals surface area contributed by atoms with E-state index in [9.17, 15) is 4.79 Å². The maximum atomic E-state index is 11.4. The van der Waals surface area contributed by atoms with E-state index in [2.05, 4.69) is 17.6 Å². The van der Waals surface area contributed by atoms with E-state index in [1.165, 1.54) is 6.42 Å². The van der Waals surface area contributed by atoms with Crippen molar-refractivity contribution in [3.8, 4) is 0 Å². The van der Waals surface area contributed by atoms with Gasteiger partial charge in [0.25, 0.3) is 0 Å². The lowest BCUT2D eigenvalue weighted by Gasteiger charge is -2.19. The first-order valence-corrected chi connectivity index (χ1v) is 5.95. The van der Waals surface area contributed by atoms with Gasteiger partial charge in [0.15, 0.2) is 0 Å². The Hall–Kier alpha value is -0.610. The molecule has 0 aliphatic carbocycles. The summed E-state index contributed by atoms with van der Waals surface area (Å²) in [7, 11) is 0. The second-order valence-electron chi connectivity index (χ2n) is 4.45. The molecule has 0 radical (unpaired) electrons. The Bertz CT molecular complexity index is 233. The number of ether oxygens (including phenoxy) is 1. The van der Waals surface area contributed by atoms with Crippen LogP contribution >= 0.6 is 0 Å². The molecule has 2 heterocycles. The molecular formula is C11H20N2O2. The molecule has 2 N–H and O–H groups in total. The smallest absolute Gasteiger partial charge is 0.233 e. The van der Waals surface area contributed by atoms with Crippen LogP contribution in [0.4, 0.5) is 0 Å². The fourth-order valence-corrected chi connectivity index (χ4v) is 2.40. The lowest BCUT2D eigenvalue weighted by Crippen LogP contribution is -2.43. The fourth-order valence-electron chi connectivity index (χ4n) is 2.40. The van der Waals surface area contributed by atoms with Gasteiger partial charge in [0.05, 0.1) is 18.8 Å². The van der Waals surface area contributed by atoms with Gasteiger partial charge >= 0.3 is 0 Å². The molecule has 2 rings (SSSR count). The highest BCUT2D eigenvalue weighted by Gasteiger charge is 2.40. The Labute approximate surface area is 90.8 Å². The monoisotopic (exact) mass is 212 g/mol. The van der Waals surface area contributed by atoms with Gasteiger partial charge < -0.3 is 15.4 Å². The van der Waals surface area contributed by atoms with Gasteiger partial charge in [-0.25, -0.2) is 0 Å². The summed E-state index contributed by atoms with van der Waals surface area (Å²) in [6.45, 7) is 3.25. The van der Waals surface area contributed by atoms with Crippen LogP contribution in [0.25, 0.3) is 0 Å². The van der Waals surface area contributed by atoms with E-state index in [1.54, 1.807) is 0 Å². The van der Waals surface area contributed by atoms with Crippen LogP contribution in [0.5, 0.6) is 0 Å². The van der Waals surface area contributed by atoms with Crippen molar-refractivity contribution < 1.29 is 9.53 Å². The maximum absolute atomic E-state index is 11.4. The molecule has 2 bridgehead atoms. The van der Waals surface area contributed by atoms with E-state index in [0.29, 0.717) is 24.8 Å². The van der Waals surface area contributed by atoms with Crippen molar-refractivity contribution in [2.45, 2.75) is 50.9 Å². The Morgan fingerprint density at radius 1 is 1.47 bits per heavy atom. The summed E-state index contributed by atoms with van der Waals surface area (Å²) in [6, 6.07) is 0.399. The van der Waals surface area contributed by atoms with Crippen molar-refractivity contribution >= 4 is 5.91 Å². The van der Waals surface area contributed by atoms with Crippen LogP contribution in [0.2, 0.25) is 0 Å². The SMILES string of the molecule is CCCNC(=O)CNC1CC2CCC1O2. The van der Waals surface area contributed by atoms with Crippen LogP contribution in [0.15, 0.2) is 0 Å². The van der Waals surface area contributed by atoms with Crippen LogP contribution in [0, 0.1) is 0 Å². The van der Waals surface area contributed by atoms with Crippen molar-refractivity contribution in [2.75, 3.05) is 13.1 Å². The lowest BCUT2D eigenvalue weighted by atomic mass is 9.95. The first kappa shape index (κ1) is 10.9. The zero-order valence-corrected chi connectivity index (χ0v) is 9.29. The summed E-state index contributed by atoms with van der Waals surface area (Å²) in [5.41, 5.74) is 0. The lowest BCUT2D eigenvalue weighted by molar-refractivity contribution is -0.120. The molecule has 0 spiro atoms. The highest BCUT2D eigenvalue weighted by Crippen LogP contribution is 2.34. The number of carbonyl (C=O) groups excluding carboxylic acids is 1. The molecule has 0 aromatic heterocycles. The number of carbonyl (C=O) groups is 1. The summed E-state index contributed by atoms with van der Waals surface area (Å²) in [5, 5.41) is 6.14. The van der Waals surface area contributed by atoms with Crippen molar-refractivity contribution in [3.05, 3.63) is 0 Å². The fraction of sp³-hybridized carbons (Fsp3) is 0.909. The van der Waals surface area contributed by atoms with Gasteiger partial charge in [0.1, 0.15) is 0 Å². The molecule has 2 aliphatic rings. The van der Waals surface area contributed by atoms with Crippen LogP contribution < -0.4 is 10.6 Å². The first-order chi connectivity index (χ1) is 7.29. The van der Waals surface area contributed by atoms with E-state index in [4.69, 9.17) is 4.74 Å². The molecule has 4 heteroatoms. The van der Waals surface area contributed by atoms with E-state index in [1.807, 2.05) is 0 Å². The normalized spacial score (nSPS) is 33.3. The molecule has 2 saturated heterocycles. The Kier molecular flexibility index (Phi) is 3.59. The predicted octanol–water partition coefficient (Wildman–Crippen LogP) is 0.422. The van der Waals surface area contributed by atoms with Gasteiger partial charge in [-0.1, -0.05) is 6.92 Å². The number of rotatable bonds is 5. The van der Waals surface area contributed by atoms with Crippen LogP contribution in [-0.4, -0.2) is 37.2 Å². The minimum atomic E-state index is 0.0969. The highest BCUT2D eigenvalue weighted by atomic mass is 16.5. The van der Waals surface area contributed by atoms with E-state index in [0.717, 1.165) is 25.8 Å². The molecule has 2 fully saturated rings. The number of fused-ring (bicyclic) bond motifs is 2. The summed E-state index contributed by atoms with van der Waals surface area (Å²) in [4.78, 5) is 11.4. The molecule has 2 aliphatic heterocycles. The molecule has 4 nitrogen and oxygen atoms in total. The van der Waals surface area contributed by atoms with Crippen molar-refractivity contribution in [1.82, 2.24) is 10.6 Å². The Morgan fingerprint density at radius 3 is 2.93 bits per heavy atom. The molecule has 1 amide bonds. The second kappa shape index (κ2) is 4.94. The molecular weight excluding hydrogens is 192 g/mol. The second-order valence-corrected chi connectivity index (χ2v) is 4.45. The number of amides is 1. The third kappa shape index (κ3) is 2.69. The summed E-state index contributed by atoms with van der Waals surface area (Å²) < 4.78 is 5.70. The predicted molar refractivity (Wildman–Crippen MR) is 57.6 cm³/mol. The van der Waals surface area contributed by atoms with E-state index in [-0.39, 0.29) is 5.91 Å². The molecule has 3 atom stereocenters. The molecule has 0 saturated carbocycles. The van der Waals surface area contributed by atoms with Gasteiger partial charge in [-0.2, -0.15) is 0 Å². The highest BCUT2D eigenvalue weighted by molar-refractivity contribution is 5.77. The minimum absolute atomic E-state index is 0.0969. The Balaban J connectivity index is 1.64. The van der Waals surface area contributed by atoms with Gasteiger partial charge in [0, 0.05) is 12.6 Å². The van der Waals surface area contributed by atoms with E-state index < -0.39 is 0 Å². The van der Waals surface area contributed by atoms with Crippen LogP contribution in [-0.2, 0) is 9.53 Å². The van der Waals surface area contributed by atoms with Crippen molar-refractivity contribution in [1.29, 1.82) is 0 Å². The van der Waals surface area contributed by atoms with Gasteiger partial charge in [0.2, 0.25) is 5.91 Å². The zero-order chi connectivity index (χ0) is 10.7. The van der Waals surface area contributed by atoms with Gasteiger partial charge in [-0.05, 0) is 25.7 Å². The molecule has 3 unspecified atom stereocenters. The molecule has 0 aromatic carbocycles. The summed E-state index contributed by atoms with van der Waals surface area (Å²) in [5.74, 6) is 0.0969. The van der Waals surface area contributed by atoms with E-state index >= 15 is 0 Å². The largest absolute Gasteiger partial charge is 0.373 e. The summed E-state index contributed by atoms with van der Waals surface area (Å²) in [6.07, 6.45) is 5.22. The standard InChI is InChI=1S/C11H20N2O2/c1-2-5-12-11(14)7-13-9-6-8-3-4-10(9)15-8/h8-10,13H,2-7H2,1H3,(H,12,14). The Morgan fingerprint density at radius 2 is 2.33 bits per heavy atom. The minimum Gasteiger partial charge on any atom is -0.373 e. The quantitative estimate of drug-likeness (QED) is 0.694.